The van der Waals surface area contributed by atoms with Crippen molar-refractivity contribution in [1.82, 2.24) is 9.61 Å². The number of ether oxygens (including phenoxy) is 2. The van der Waals surface area contributed by atoms with Crippen LogP contribution in [-0.4, -0.2) is 48.1 Å². The van der Waals surface area contributed by atoms with Gasteiger partial charge in [0.05, 0.1) is 31.4 Å². The van der Waals surface area contributed by atoms with Gasteiger partial charge in [-0.1, -0.05) is 62.9 Å². The molecule has 1 atom stereocenters. The molecule has 6 nitrogen and oxygen atoms in total. The summed E-state index contributed by atoms with van der Waals surface area (Å²) in [4.78, 5) is 2.32. The average molecular weight is 478 g/mol. The first-order chi connectivity index (χ1) is 17.3. The van der Waals surface area contributed by atoms with Gasteiger partial charge in [0.2, 0.25) is 0 Å². The van der Waals surface area contributed by atoms with E-state index in [1.807, 2.05) is 13.2 Å². The molecule has 3 aromatic rings. The summed E-state index contributed by atoms with van der Waals surface area (Å²) < 4.78 is 14.0. The first-order valence-corrected chi connectivity index (χ1v) is 13.4. The number of anilines is 1. The number of benzene rings is 1. The van der Waals surface area contributed by atoms with Crippen LogP contribution in [0.5, 0.6) is 0 Å². The third-order valence-electron chi connectivity index (χ3n) is 7.80. The molecule has 1 unspecified atom stereocenters. The van der Waals surface area contributed by atoms with Crippen LogP contribution in [0.25, 0.3) is 16.6 Å². The van der Waals surface area contributed by atoms with Crippen molar-refractivity contribution in [2.45, 2.75) is 64.6 Å². The van der Waals surface area contributed by atoms with E-state index in [1.54, 1.807) is 0 Å². The van der Waals surface area contributed by atoms with Gasteiger partial charge in [-0.05, 0) is 36.8 Å². The number of aryl methyl sites for hydroxylation is 1. The van der Waals surface area contributed by atoms with Crippen molar-refractivity contribution >= 4 is 11.3 Å². The van der Waals surface area contributed by atoms with Gasteiger partial charge in [0.15, 0.2) is 0 Å². The molecule has 0 bridgehead atoms. The molecule has 5 rings (SSSR count). The van der Waals surface area contributed by atoms with Gasteiger partial charge in [0.1, 0.15) is 5.82 Å². The predicted octanol–water partition coefficient (Wildman–Crippen LogP) is 5.55. The Labute approximate surface area is 208 Å². The molecule has 0 amide bonds. The number of aliphatic hydroxyl groups excluding tert-OH is 1. The molecule has 0 radical (unpaired) electrons. The van der Waals surface area contributed by atoms with Crippen molar-refractivity contribution in [3.63, 3.8) is 0 Å². The van der Waals surface area contributed by atoms with Gasteiger partial charge in [-0.2, -0.15) is 5.10 Å². The Kier molecular flexibility index (Phi) is 7.71. The van der Waals surface area contributed by atoms with Crippen LogP contribution in [-0.2, 0) is 22.5 Å². The first kappa shape index (κ1) is 24.3. The van der Waals surface area contributed by atoms with Crippen LogP contribution in [0, 0.1) is 5.92 Å². The number of aliphatic hydroxyl groups is 1. The van der Waals surface area contributed by atoms with Crippen molar-refractivity contribution in [2.24, 2.45) is 5.92 Å². The predicted molar refractivity (Wildman–Crippen MR) is 140 cm³/mol. The summed E-state index contributed by atoms with van der Waals surface area (Å²) >= 11 is 0. The van der Waals surface area contributed by atoms with Crippen LogP contribution in [0.15, 0.2) is 36.4 Å². The van der Waals surface area contributed by atoms with E-state index >= 15 is 0 Å². The van der Waals surface area contributed by atoms with E-state index in [4.69, 9.17) is 14.6 Å². The topological polar surface area (TPSA) is 59.2 Å². The highest BCUT2D eigenvalue weighted by atomic mass is 16.5. The third kappa shape index (κ3) is 4.72. The number of hydrogen-bond acceptors (Lipinski definition) is 5. The normalized spacial score (nSPS) is 18.3. The van der Waals surface area contributed by atoms with Crippen LogP contribution in [0.2, 0.25) is 0 Å². The Morgan fingerprint density at radius 3 is 2.51 bits per heavy atom. The fourth-order valence-corrected chi connectivity index (χ4v) is 6.14. The number of nitrogens with zero attached hydrogens (tertiary/aromatic N) is 3. The molecule has 3 heterocycles. The highest BCUT2D eigenvalue weighted by Gasteiger charge is 2.33. The van der Waals surface area contributed by atoms with Gasteiger partial charge in [-0.3, -0.25) is 0 Å². The lowest BCUT2D eigenvalue weighted by Gasteiger charge is -2.30. The maximum Gasteiger partial charge on any atom is 0.150 e. The summed E-state index contributed by atoms with van der Waals surface area (Å²) in [6, 6.07) is 12.7. The van der Waals surface area contributed by atoms with E-state index in [9.17, 15) is 5.11 Å². The van der Waals surface area contributed by atoms with Gasteiger partial charge in [-0.25, -0.2) is 4.52 Å². The number of hydrogen-bond donors (Lipinski definition) is 1. The van der Waals surface area contributed by atoms with E-state index < -0.39 is 0 Å². The Hall–Kier alpha value is -2.41. The highest BCUT2D eigenvalue weighted by Crippen LogP contribution is 2.43. The fourth-order valence-electron chi connectivity index (χ4n) is 6.14. The van der Waals surface area contributed by atoms with Crippen LogP contribution in [0.3, 0.4) is 0 Å². The minimum Gasteiger partial charge on any atom is -0.392 e. The molecule has 1 saturated carbocycles. The molecule has 6 heteroatoms. The highest BCUT2D eigenvalue weighted by molar-refractivity contribution is 5.86. The van der Waals surface area contributed by atoms with Crippen molar-refractivity contribution < 1.29 is 14.6 Å². The molecule has 1 aromatic carbocycles. The fraction of sp³-hybridized carbons (Fsp3) is 0.552. The molecule has 1 N–H and O–H groups in total. The summed E-state index contributed by atoms with van der Waals surface area (Å²) in [6.45, 7) is 5.30. The molecule has 1 aliphatic heterocycles. The Morgan fingerprint density at radius 1 is 1.11 bits per heavy atom. The first-order valence-electron chi connectivity index (χ1n) is 13.4. The van der Waals surface area contributed by atoms with Gasteiger partial charge in [-0.15, -0.1) is 0 Å². The van der Waals surface area contributed by atoms with Gasteiger partial charge in [0, 0.05) is 42.6 Å². The summed E-state index contributed by atoms with van der Waals surface area (Å²) in [6.07, 6.45) is 8.07. The number of morpholine rings is 1. The Morgan fingerprint density at radius 2 is 1.86 bits per heavy atom. The number of methoxy groups -OCH3 is 1. The monoisotopic (exact) mass is 477 g/mol. The van der Waals surface area contributed by atoms with Gasteiger partial charge < -0.3 is 19.5 Å². The van der Waals surface area contributed by atoms with Crippen LogP contribution < -0.4 is 4.90 Å². The number of fused-ring (bicyclic) bond motifs is 1. The van der Waals surface area contributed by atoms with E-state index in [0.29, 0.717) is 19.1 Å². The van der Waals surface area contributed by atoms with E-state index in [0.717, 1.165) is 54.0 Å². The van der Waals surface area contributed by atoms with Crippen molar-refractivity contribution in [2.75, 3.05) is 38.3 Å². The molecule has 2 aliphatic rings. The largest absolute Gasteiger partial charge is 0.392 e. The second kappa shape index (κ2) is 11.1. The van der Waals surface area contributed by atoms with Crippen LogP contribution in [0.4, 0.5) is 5.82 Å². The maximum absolute atomic E-state index is 10.8. The molecule has 35 heavy (non-hydrogen) atoms. The zero-order valence-electron chi connectivity index (χ0n) is 21.2. The van der Waals surface area contributed by atoms with E-state index in [1.165, 1.54) is 43.4 Å². The summed E-state index contributed by atoms with van der Waals surface area (Å²) in [5.41, 5.74) is 6.62. The van der Waals surface area contributed by atoms with Gasteiger partial charge in [0.25, 0.3) is 0 Å². The molecule has 1 aliphatic carbocycles. The Bertz CT molecular complexity index is 1120. The zero-order valence-corrected chi connectivity index (χ0v) is 21.2. The number of aromatic nitrogens is 2. The Balaban J connectivity index is 1.77. The van der Waals surface area contributed by atoms with Crippen molar-refractivity contribution in [3.05, 3.63) is 53.2 Å². The quantitative estimate of drug-likeness (QED) is 0.461. The third-order valence-corrected chi connectivity index (χ3v) is 7.80. The van der Waals surface area contributed by atoms with Gasteiger partial charge >= 0.3 is 0 Å². The zero-order chi connectivity index (χ0) is 24.2. The lowest BCUT2D eigenvalue weighted by molar-refractivity contribution is 0.0334. The lowest BCUT2D eigenvalue weighted by atomic mass is 9.81. The molecule has 188 valence electrons. The van der Waals surface area contributed by atoms with Crippen molar-refractivity contribution in [3.8, 4) is 11.1 Å². The smallest absolute Gasteiger partial charge is 0.150 e. The summed E-state index contributed by atoms with van der Waals surface area (Å²) in [5.74, 6) is 1.45. The molecule has 0 spiro atoms. The summed E-state index contributed by atoms with van der Waals surface area (Å²) in [5, 5.41) is 16.0. The van der Waals surface area contributed by atoms with E-state index in [-0.39, 0.29) is 12.7 Å². The molecule has 2 aromatic heterocycles. The standard InChI is InChI=1S/C29H39N3O3/c1-3-10-25-27(29(34-2)22-13-8-5-9-14-22)24(20-33)28-23(21-11-6-4-7-12-21)19-26(30-32(25)28)31-15-17-35-18-16-31/h4,6-7,11-12,19,22,29,33H,3,5,8-10,13-18,20H2,1-2H3. The molecule has 1 saturated heterocycles. The minimum atomic E-state index is -0.0203. The SMILES string of the molecule is CCCc1c(C(OC)C2CCCCC2)c(CO)c2c(-c3ccccc3)cc(N3CCOCC3)nn12. The second-order valence-electron chi connectivity index (χ2n) is 9.94. The van der Waals surface area contributed by atoms with Crippen LogP contribution in [0.1, 0.15) is 68.4 Å². The lowest BCUT2D eigenvalue weighted by Crippen LogP contribution is -2.37. The second-order valence-corrected chi connectivity index (χ2v) is 9.94. The molecular weight excluding hydrogens is 438 g/mol. The maximum atomic E-state index is 10.8. The van der Waals surface area contributed by atoms with E-state index in [2.05, 4.69) is 46.7 Å². The minimum absolute atomic E-state index is 0.0174. The summed E-state index contributed by atoms with van der Waals surface area (Å²) in [7, 11) is 1.84. The molecular formula is C29H39N3O3. The number of rotatable bonds is 8. The average Bonchev–Trinajstić information content (AvgIpc) is 3.23. The molecule has 2 fully saturated rings. The van der Waals surface area contributed by atoms with Crippen LogP contribution >= 0.6 is 0 Å². The van der Waals surface area contributed by atoms with Crippen molar-refractivity contribution in [1.29, 1.82) is 0 Å².